The molecule has 0 fully saturated rings. The van der Waals surface area contributed by atoms with Gasteiger partial charge < -0.3 is 15.2 Å². The first kappa shape index (κ1) is 15.3. The van der Waals surface area contributed by atoms with Crippen LogP contribution in [0.25, 0.3) is 10.2 Å². The van der Waals surface area contributed by atoms with Crippen LogP contribution < -0.4 is 10.1 Å². The molecular weight excluding hydrogens is 312 g/mol. The lowest BCUT2D eigenvalue weighted by Gasteiger charge is -2.08. The molecule has 3 rings (SSSR count). The molecule has 0 aliphatic carbocycles. The van der Waals surface area contributed by atoms with E-state index in [1.54, 1.807) is 29.7 Å². The van der Waals surface area contributed by atoms with Crippen LogP contribution in [0, 0.1) is 0 Å². The number of phenols is 1. The first-order chi connectivity index (χ1) is 11.2. The first-order valence-electron chi connectivity index (χ1n) is 7.14. The van der Waals surface area contributed by atoms with Crippen molar-refractivity contribution in [2.75, 3.05) is 13.7 Å². The van der Waals surface area contributed by atoms with Gasteiger partial charge in [-0.15, -0.1) is 11.3 Å². The van der Waals surface area contributed by atoms with E-state index in [1.165, 1.54) is 7.11 Å². The average Bonchev–Trinajstić information content (AvgIpc) is 3.03. The molecule has 0 aliphatic rings. The largest absolute Gasteiger partial charge is 0.504 e. The molecule has 0 aliphatic heterocycles. The van der Waals surface area contributed by atoms with Gasteiger partial charge in [0.05, 0.1) is 22.9 Å². The minimum absolute atomic E-state index is 0.107. The van der Waals surface area contributed by atoms with E-state index in [9.17, 15) is 9.90 Å². The molecule has 0 unspecified atom stereocenters. The summed E-state index contributed by atoms with van der Waals surface area (Å²) in [6, 6.07) is 8.94. The van der Waals surface area contributed by atoms with Crippen LogP contribution in [0.4, 0.5) is 0 Å². The van der Waals surface area contributed by atoms with E-state index in [1.807, 2.05) is 23.6 Å². The lowest BCUT2D eigenvalue weighted by atomic mass is 10.1. The summed E-state index contributed by atoms with van der Waals surface area (Å²) in [7, 11) is 1.51. The van der Waals surface area contributed by atoms with Crippen molar-refractivity contribution in [3.05, 3.63) is 53.0 Å². The van der Waals surface area contributed by atoms with Crippen LogP contribution in [0.1, 0.15) is 15.9 Å². The highest BCUT2D eigenvalue weighted by Crippen LogP contribution is 2.26. The van der Waals surface area contributed by atoms with E-state index < -0.39 is 0 Å². The monoisotopic (exact) mass is 328 g/mol. The van der Waals surface area contributed by atoms with Gasteiger partial charge in [0.2, 0.25) is 0 Å². The molecule has 1 aromatic carbocycles. The number of thiophene rings is 1. The Morgan fingerprint density at radius 2 is 2.22 bits per heavy atom. The van der Waals surface area contributed by atoms with Crippen molar-refractivity contribution in [1.82, 2.24) is 10.3 Å². The smallest absolute Gasteiger partial charge is 0.252 e. The van der Waals surface area contributed by atoms with Gasteiger partial charge in [0.1, 0.15) is 0 Å². The van der Waals surface area contributed by atoms with Gasteiger partial charge in [-0.3, -0.25) is 9.78 Å². The summed E-state index contributed by atoms with van der Waals surface area (Å²) in [5, 5.41) is 14.4. The molecule has 1 amide bonds. The van der Waals surface area contributed by atoms with Crippen LogP contribution in [0.3, 0.4) is 0 Å². The second-order valence-corrected chi connectivity index (χ2v) is 5.99. The lowest BCUT2D eigenvalue weighted by molar-refractivity contribution is 0.0954. The number of amides is 1. The number of hydrogen-bond acceptors (Lipinski definition) is 5. The van der Waals surface area contributed by atoms with Gasteiger partial charge in [-0.05, 0) is 41.6 Å². The zero-order valence-electron chi connectivity index (χ0n) is 12.6. The lowest BCUT2D eigenvalue weighted by Crippen LogP contribution is -2.25. The third-order valence-corrected chi connectivity index (χ3v) is 4.36. The van der Waals surface area contributed by atoms with Gasteiger partial charge in [-0.2, -0.15) is 0 Å². The number of hydrogen-bond donors (Lipinski definition) is 2. The first-order valence-corrected chi connectivity index (χ1v) is 8.02. The zero-order chi connectivity index (χ0) is 16.2. The number of aromatic hydroxyl groups is 1. The standard InChI is InChI=1S/C17H16N2O3S/c1-22-15-8-11(2-3-14(15)20)4-6-18-17(21)12-9-16-13(19-10-12)5-7-23-16/h2-3,5,7-10,20H,4,6H2,1H3,(H,18,21). The molecule has 0 atom stereocenters. The fourth-order valence-corrected chi connectivity index (χ4v) is 3.05. The highest BCUT2D eigenvalue weighted by atomic mass is 32.1. The summed E-state index contributed by atoms with van der Waals surface area (Å²) in [6.07, 6.45) is 2.24. The van der Waals surface area contributed by atoms with Gasteiger partial charge in [0.25, 0.3) is 5.91 Å². The van der Waals surface area contributed by atoms with E-state index in [0.717, 1.165) is 15.8 Å². The number of nitrogens with zero attached hydrogens (tertiary/aromatic N) is 1. The Bertz CT molecular complexity index is 845. The van der Waals surface area contributed by atoms with Gasteiger partial charge in [0, 0.05) is 12.7 Å². The third kappa shape index (κ3) is 3.43. The number of carbonyl (C=O) groups excluding carboxylic acids is 1. The summed E-state index contributed by atoms with van der Waals surface area (Å²) in [5.41, 5.74) is 2.44. The van der Waals surface area contributed by atoms with Crippen molar-refractivity contribution in [1.29, 1.82) is 0 Å². The quantitative estimate of drug-likeness (QED) is 0.755. The average molecular weight is 328 g/mol. The van der Waals surface area contributed by atoms with Gasteiger partial charge in [-0.1, -0.05) is 6.07 Å². The molecular formula is C17H16N2O3S. The molecule has 6 heteroatoms. The maximum atomic E-state index is 12.2. The number of benzene rings is 1. The Balaban J connectivity index is 1.60. The van der Waals surface area contributed by atoms with Crippen molar-refractivity contribution in [2.24, 2.45) is 0 Å². The fourth-order valence-electron chi connectivity index (χ4n) is 2.27. The Morgan fingerprint density at radius 3 is 3.04 bits per heavy atom. The topological polar surface area (TPSA) is 71.5 Å². The number of nitrogens with one attached hydrogen (secondary N) is 1. The van der Waals surface area contributed by atoms with Gasteiger partial charge in [0.15, 0.2) is 11.5 Å². The van der Waals surface area contributed by atoms with Crippen LogP contribution >= 0.6 is 11.3 Å². The number of phenolic OH excluding ortho intramolecular Hbond substituents is 1. The van der Waals surface area contributed by atoms with Crippen LogP contribution in [-0.2, 0) is 6.42 Å². The van der Waals surface area contributed by atoms with E-state index in [2.05, 4.69) is 10.3 Å². The van der Waals surface area contributed by atoms with Crippen LogP contribution in [-0.4, -0.2) is 29.7 Å². The molecule has 2 N–H and O–H groups in total. The van der Waals surface area contributed by atoms with Crippen molar-refractivity contribution in [3.8, 4) is 11.5 Å². The summed E-state index contributed by atoms with van der Waals surface area (Å²) in [4.78, 5) is 16.4. The van der Waals surface area contributed by atoms with Crippen molar-refractivity contribution >= 4 is 27.5 Å². The second-order valence-electron chi connectivity index (χ2n) is 5.04. The molecule has 5 nitrogen and oxygen atoms in total. The summed E-state index contributed by atoms with van der Waals surface area (Å²) in [6.45, 7) is 0.495. The summed E-state index contributed by atoms with van der Waals surface area (Å²) >= 11 is 1.56. The normalized spacial score (nSPS) is 10.7. The molecule has 0 saturated heterocycles. The molecule has 2 aromatic heterocycles. The number of rotatable bonds is 5. The molecule has 0 spiro atoms. The SMILES string of the molecule is COc1cc(CCNC(=O)c2cnc3ccsc3c2)ccc1O. The second kappa shape index (κ2) is 6.66. The highest BCUT2D eigenvalue weighted by Gasteiger charge is 2.08. The molecule has 2 heterocycles. The molecule has 3 aromatic rings. The predicted octanol–water partition coefficient (Wildman–Crippen LogP) is 2.98. The highest BCUT2D eigenvalue weighted by molar-refractivity contribution is 7.17. The number of fused-ring (bicyclic) bond motifs is 1. The maximum Gasteiger partial charge on any atom is 0.252 e. The van der Waals surface area contributed by atoms with Gasteiger partial charge in [-0.25, -0.2) is 0 Å². The summed E-state index contributed by atoms with van der Waals surface area (Å²) in [5.74, 6) is 0.398. The number of methoxy groups -OCH3 is 1. The van der Waals surface area contributed by atoms with Crippen LogP contribution in [0.5, 0.6) is 11.5 Å². The van der Waals surface area contributed by atoms with Crippen molar-refractivity contribution in [2.45, 2.75) is 6.42 Å². The van der Waals surface area contributed by atoms with Crippen molar-refractivity contribution < 1.29 is 14.6 Å². The molecule has 0 saturated carbocycles. The third-order valence-electron chi connectivity index (χ3n) is 3.51. The number of aromatic nitrogens is 1. The zero-order valence-corrected chi connectivity index (χ0v) is 13.4. The molecule has 23 heavy (non-hydrogen) atoms. The Kier molecular flexibility index (Phi) is 4.43. The Labute approximate surface area is 137 Å². The van der Waals surface area contributed by atoms with E-state index in [-0.39, 0.29) is 11.7 Å². The van der Waals surface area contributed by atoms with Crippen molar-refractivity contribution in [3.63, 3.8) is 0 Å². The number of carbonyl (C=O) groups is 1. The minimum atomic E-state index is -0.140. The fraction of sp³-hybridized carbons (Fsp3) is 0.176. The van der Waals surface area contributed by atoms with Crippen LogP contribution in [0.2, 0.25) is 0 Å². The maximum absolute atomic E-state index is 12.2. The van der Waals surface area contributed by atoms with Crippen LogP contribution in [0.15, 0.2) is 41.9 Å². The molecule has 0 radical (unpaired) electrons. The predicted molar refractivity (Wildman–Crippen MR) is 90.3 cm³/mol. The van der Waals surface area contributed by atoms with Gasteiger partial charge >= 0.3 is 0 Å². The summed E-state index contributed by atoms with van der Waals surface area (Å²) < 4.78 is 6.07. The van der Waals surface area contributed by atoms with E-state index in [4.69, 9.17) is 4.74 Å². The Morgan fingerprint density at radius 1 is 1.35 bits per heavy atom. The number of pyridine rings is 1. The molecule has 118 valence electrons. The Hall–Kier alpha value is -2.60. The number of ether oxygens (including phenoxy) is 1. The van der Waals surface area contributed by atoms with E-state index >= 15 is 0 Å². The minimum Gasteiger partial charge on any atom is -0.504 e. The molecule has 0 bridgehead atoms. The van der Waals surface area contributed by atoms with E-state index in [0.29, 0.717) is 24.3 Å².